The number of morpholine rings is 1. The highest BCUT2D eigenvalue weighted by molar-refractivity contribution is 5.78. The van der Waals surface area contributed by atoms with Gasteiger partial charge in [-0.1, -0.05) is 12.8 Å². The van der Waals surface area contributed by atoms with Gasteiger partial charge in [0.05, 0.1) is 12.7 Å². The second-order valence-electron chi connectivity index (χ2n) is 5.45. The lowest BCUT2D eigenvalue weighted by Crippen LogP contribution is -2.61. The maximum Gasteiger partial charge on any atom is 0.324 e. The Kier molecular flexibility index (Phi) is 3.70. The van der Waals surface area contributed by atoms with Crippen LogP contribution in [-0.2, 0) is 9.53 Å². The molecule has 1 saturated carbocycles. The number of aliphatic carboxylic acids is 1. The van der Waals surface area contributed by atoms with E-state index in [9.17, 15) is 4.79 Å². The summed E-state index contributed by atoms with van der Waals surface area (Å²) in [5.41, 5.74) is 4.66. The number of carboxylic acid groups (broad SMARTS) is 1. The van der Waals surface area contributed by atoms with Crippen LogP contribution in [0.15, 0.2) is 0 Å². The summed E-state index contributed by atoms with van der Waals surface area (Å²) in [7, 11) is 0. The molecule has 3 unspecified atom stereocenters. The van der Waals surface area contributed by atoms with Crippen molar-refractivity contribution in [3.05, 3.63) is 0 Å². The summed E-state index contributed by atoms with van der Waals surface area (Å²) in [6.45, 7) is 3.48. The van der Waals surface area contributed by atoms with Crippen molar-refractivity contribution < 1.29 is 14.6 Å². The van der Waals surface area contributed by atoms with Gasteiger partial charge in [0.15, 0.2) is 0 Å². The van der Waals surface area contributed by atoms with Crippen molar-refractivity contribution in [2.75, 3.05) is 19.7 Å². The zero-order valence-corrected chi connectivity index (χ0v) is 10.4. The largest absolute Gasteiger partial charge is 0.480 e. The number of fused-ring (bicyclic) bond motifs is 1. The fourth-order valence-corrected chi connectivity index (χ4v) is 2.86. The first-order valence-electron chi connectivity index (χ1n) is 6.38. The predicted molar refractivity (Wildman–Crippen MR) is 63.8 cm³/mol. The maximum atomic E-state index is 11.1. The minimum absolute atomic E-state index is 0.280. The standard InChI is InChI=1S/C12H22N2O3/c1-12(13,11(15)16)8-14-6-7-17-10-5-3-2-4-9(10)14/h9-10H,2-8,13H2,1H3,(H,15,16). The average molecular weight is 242 g/mol. The van der Waals surface area contributed by atoms with Gasteiger partial charge >= 0.3 is 5.97 Å². The zero-order valence-electron chi connectivity index (χ0n) is 10.4. The van der Waals surface area contributed by atoms with Gasteiger partial charge in [-0.15, -0.1) is 0 Å². The van der Waals surface area contributed by atoms with Gasteiger partial charge in [-0.2, -0.15) is 0 Å². The van der Waals surface area contributed by atoms with E-state index in [2.05, 4.69) is 4.90 Å². The average Bonchev–Trinajstić information content (AvgIpc) is 2.29. The van der Waals surface area contributed by atoms with E-state index in [1.54, 1.807) is 6.92 Å². The SMILES string of the molecule is CC(N)(CN1CCOC2CCCCC21)C(=O)O. The summed E-state index contributed by atoms with van der Waals surface area (Å²) < 4.78 is 5.76. The molecule has 0 aromatic carbocycles. The summed E-state index contributed by atoms with van der Waals surface area (Å²) in [6, 6.07) is 0.361. The van der Waals surface area contributed by atoms with E-state index in [1.165, 1.54) is 12.8 Å². The highest BCUT2D eigenvalue weighted by atomic mass is 16.5. The summed E-state index contributed by atoms with van der Waals surface area (Å²) in [6.07, 6.45) is 4.89. The third kappa shape index (κ3) is 2.78. The molecule has 2 aliphatic rings. The van der Waals surface area contributed by atoms with E-state index in [0.717, 1.165) is 19.4 Å². The molecule has 1 aliphatic heterocycles. The lowest BCUT2D eigenvalue weighted by Gasteiger charge is -2.45. The van der Waals surface area contributed by atoms with E-state index in [4.69, 9.17) is 15.6 Å². The quantitative estimate of drug-likeness (QED) is 0.750. The number of rotatable bonds is 3. The van der Waals surface area contributed by atoms with Crippen LogP contribution in [0.2, 0.25) is 0 Å². The topological polar surface area (TPSA) is 75.8 Å². The Morgan fingerprint density at radius 2 is 2.24 bits per heavy atom. The Labute approximate surface area is 102 Å². The normalized spacial score (nSPS) is 33.8. The lowest BCUT2D eigenvalue weighted by molar-refractivity contribution is -0.146. The zero-order chi connectivity index (χ0) is 12.5. The van der Waals surface area contributed by atoms with E-state index in [-0.39, 0.29) is 6.10 Å². The van der Waals surface area contributed by atoms with E-state index >= 15 is 0 Å². The molecule has 0 amide bonds. The van der Waals surface area contributed by atoms with Crippen molar-refractivity contribution in [2.24, 2.45) is 5.73 Å². The predicted octanol–water partition coefficient (Wildman–Crippen LogP) is 0.432. The first kappa shape index (κ1) is 12.8. The van der Waals surface area contributed by atoms with E-state index in [1.807, 2.05) is 0 Å². The highest BCUT2D eigenvalue weighted by Crippen LogP contribution is 2.29. The molecule has 1 saturated heterocycles. The van der Waals surface area contributed by atoms with Crippen molar-refractivity contribution in [3.8, 4) is 0 Å². The second kappa shape index (κ2) is 4.92. The van der Waals surface area contributed by atoms with Crippen LogP contribution in [0.1, 0.15) is 32.6 Å². The van der Waals surface area contributed by atoms with Crippen LogP contribution in [-0.4, -0.2) is 53.4 Å². The summed E-state index contributed by atoms with van der Waals surface area (Å²) >= 11 is 0. The van der Waals surface area contributed by atoms with Crippen LogP contribution in [0.3, 0.4) is 0 Å². The molecule has 0 aromatic rings. The fraction of sp³-hybridized carbons (Fsp3) is 0.917. The van der Waals surface area contributed by atoms with Crippen molar-refractivity contribution >= 4 is 5.97 Å². The van der Waals surface area contributed by atoms with Crippen LogP contribution >= 0.6 is 0 Å². The number of carboxylic acids is 1. The third-order valence-corrected chi connectivity index (χ3v) is 3.87. The molecule has 1 aliphatic carbocycles. The molecular weight excluding hydrogens is 220 g/mol. The van der Waals surface area contributed by atoms with Gasteiger partial charge in [-0.05, 0) is 19.8 Å². The molecule has 98 valence electrons. The number of hydrogen-bond donors (Lipinski definition) is 2. The number of ether oxygens (including phenoxy) is 1. The molecule has 2 fully saturated rings. The number of nitrogens with zero attached hydrogens (tertiary/aromatic N) is 1. The second-order valence-corrected chi connectivity index (χ2v) is 5.45. The van der Waals surface area contributed by atoms with E-state index in [0.29, 0.717) is 19.2 Å². The van der Waals surface area contributed by atoms with Crippen molar-refractivity contribution in [1.82, 2.24) is 4.90 Å². The first-order chi connectivity index (χ1) is 8.00. The smallest absolute Gasteiger partial charge is 0.324 e. The Bertz CT molecular complexity index is 291. The van der Waals surface area contributed by atoms with Gasteiger partial charge in [0.2, 0.25) is 0 Å². The summed E-state index contributed by atoms with van der Waals surface area (Å²) in [5.74, 6) is -0.934. The number of carbonyl (C=O) groups is 1. The Morgan fingerprint density at radius 1 is 1.53 bits per heavy atom. The van der Waals surface area contributed by atoms with Gasteiger partial charge in [0, 0.05) is 19.1 Å². The van der Waals surface area contributed by atoms with Crippen LogP contribution in [0, 0.1) is 0 Å². The van der Waals surface area contributed by atoms with Crippen LogP contribution in [0.25, 0.3) is 0 Å². The molecule has 1 heterocycles. The summed E-state index contributed by atoms with van der Waals surface area (Å²) in [5, 5.41) is 9.09. The Hall–Kier alpha value is -0.650. The minimum atomic E-state index is -1.17. The van der Waals surface area contributed by atoms with Crippen molar-refractivity contribution in [1.29, 1.82) is 0 Å². The molecule has 5 heteroatoms. The highest BCUT2D eigenvalue weighted by Gasteiger charge is 2.39. The van der Waals surface area contributed by atoms with Gasteiger partial charge in [0.25, 0.3) is 0 Å². The molecule has 0 radical (unpaired) electrons. The molecule has 17 heavy (non-hydrogen) atoms. The summed E-state index contributed by atoms with van der Waals surface area (Å²) in [4.78, 5) is 13.3. The van der Waals surface area contributed by atoms with Gasteiger partial charge in [-0.25, -0.2) is 0 Å². The monoisotopic (exact) mass is 242 g/mol. The maximum absolute atomic E-state index is 11.1. The molecule has 0 aromatic heterocycles. The first-order valence-corrected chi connectivity index (χ1v) is 6.38. The molecule has 5 nitrogen and oxygen atoms in total. The number of hydrogen-bond acceptors (Lipinski definition) is 4. The number of nitrogens with two attached hydrogens (primary N) is 1. The molecule has 0 bridgehead atoms. The van der Waals surface area contributed by atoms with Crippen molar-refractivity contribution in [3.63, 3.8) is 0 Å². The van der Waals surface area contributed by atoms with Crippen LogP contribution in [0.5, 0.6) is 0 Å². The Balaban J connectivity index is 2.01. The lowest BCUT2D eigenvalue weighted by atomic mass is 9.89. The van der Waals surface area contributed by atoms with Gasteiger partial charge in [-0.3, -0.25) is 9.69 Å². The van der Waals surface area contributed by atoms with Crippen LogP contribution in [0.4, 0.5) is 0 Å². The van der Waals surface area contributed by atoms with E-state index < -0.39 is 11.5 Å². The van der Waals surface area contributed by atoms with Gasteiger partial charge < -0.3 is 15.6 Å². The van der Waals surface area contributed by atoms with Gasteiger partial charge in [0.1, 0.15) is 5.54 Å². The molecule has 2 rings (SSSR count). The minimum Gasteiger partial charge on any atom is -0.480 e. The molecular formula is C12H22N2O3. The third-order valence-electron chi connectivity index (χ3n) is 3.87. The Morgan fingerprint density at radius 3 is 2.94 bits per heavy atom. The molecule has 3 N–H and O–H groups in total. The fourth-order valence-electron chi connectivity index (χ4n) is 2.86. The molecule has 3 atom stereocenters. The van der Waals surface area contributed by atoms with Crippen molar-refractivity contribution in [2.45, 2.75) is 50.3 Å². The van der Waals surface area contributed by atoms with Crippen LogP contribution < -0.4 is 5.73 Å². The molecule has 0 spiro atoms.